The Kier molecular flexibility index (Phi) is 5.39. The summed E-state index contributed by atoms with van der Waals surface area (Å²) in [6, 6.07) is 12.6. The van der Waals surface area contributed by atoms with Gasteiger partial charge >= 0.3 is 0 Å². The maximum absolute atomic E-state index is 13.1. The van der Waals surface area contributed by atoms with Gasteiger partial charge in [-0.05, 0) is 24.6 Å². The molecule has 3 rings (SSSR count). The second kappa shape index (κ2) is 7.91. The molecular formula is C20H20N4O4. The van der Waals surface area contributed by atoms with E-state index in [0.29, 0.717) is 22.5 Å². The molecule has 3 amide bonds. The lowest BCUT2D eigenvalue weighted by Crippen LogP contribution is -2.43. The first-order chi connectivity index (χ1) is 13.4. The molecule has 1 atom stereocenters. The summed E-state index contributed by atoms with van der Waals surface area (Å²) in [5.41, 5.74) is 12.8. The highest BCUT2D eigenvalue weighted by molar-refractivity contribution is 6.20. The van der Waals surface area contributed by atoms with E-state index in [9.17, 15) is 19.5 Å². The molecule has 0 fully saturated rings. The van der Waals surface area contributed by atoms with E-state index in [1.54, 1.807) is 36.4 Å². The number of hydrogen-bond donors (Lipinski definition) is 3. The number of anilines is 1. The summed E-state index contributed by atoms with van der Waals surface area (Å²) in [7, 11) is 0. The molecule has 8 nitrogen and oxygen atoms in total. The minimum atomic E-state index is -0.920. The van der Waals surface area contributed by atoms with Crippen LogP contribution < -0.4 is 16.4 Å². The fraction of sp³-hybridized carbons (Fsp3) is 0.200. The van der Waals surface area contributed by atoms with Gasteiger partial charge in [0.15, 0.2) is 0 Å². The van der Waals surface area contributed by atoms with E-state index in [0.717, 1.165) is 0 Å². The zero-order valence-corrected chi connectivity index (χ0v) is 15.0. The molecule has 1 unspecified atom stereocenters. The molecule has 0 bridgehead atoms. The summed E-state index contributed by atoms with van der Waals surface area (Å²) < 4.78 is 0. The molecule has 1 heterocycles. The van der Waals surface area contributed by atoms with Crippen molar-refractivity contribution in [3.63, 3.8) is 0 Å². The van der Waals surface area contributed by atoms with Crippen molar-refractivity contribution in [3.8, 4) is 5.75 Å². The quantitative estimate of drug-likeness (QED) is 0.678. The molecule has 8 heteroatoms. The number of nitrogens with two attached hydrogens (primary N) is 2. The summed E-state index contributed by atoms with van der Waals surface area (Å²) in [6.45, 7) is -0.314. The summed E-state index contributed by atoms with van der Waals surface area (Å²) in [6.07, 6.45) is 0.0632. The van der Waals surface area contributed by atoms with Gasteiger partial charge in [0.1, 0.15) is 18.3 Å². The Bertz CT molecular complexity index is 970. The molecule has 2 aromatic rings. The van der Waals surface area contributed by atoms with E-state index in [1.165, 1.54) is 17.0 Å². The Labute approximate surface area is 161 Å². The molecule has 0 aromatic heterocycles. The third-order valence-electron chi connectivity index (χ3n) is 4.38. The van der Waals surface area contributed by atoms with E-state index >= 15 is 0 Å². The van der Waals surface area contributed by atoms with Crippen molar-refractivity contribution in [1.29, 1.82) is 0 Å². The zero-order chi connectivity index (χ0) is 20.3. The third-order valence-corrected chi connectivity index (χ3v) is 4.38. The number of carbonyl (C=O) groups is 3. The Balaban J connectivity index is 2.18. The summed E-state index contributed by atoms with van der Waals surface area (Å²) >= 11 is 0. The minimum Gasteiger partial charge on any atom is -0.508 e. The van der Waals surface area contributed by atoms with Crippen molar-refractivity contribution in [2.75, 3.05) is 11.4 Å². The molecule has 28 heavy (non-hydrogen) atoms. The van der Waals surface area contributed by atoms with Gasteiger partial charge in [0.05, 0.1) is 11.4 Å². The highest BCUT2D eigenvalue weighted by Gasteiger charge is 2.32. The Morgan fingerprint density at radius 3 is 2.50 bits per heavy atom. The smallest absolute Gasteiger partial charge is 0.252 e. The third kappa shape index (κ3) is 4.01. The molecule has 0 saturated carbocycles. The van der Waals surface area contributed by atoms with Crippen LogP contribution in [0.2, 0.25) is 0 Å². The van der Waals surface area contributed by atoms with Crippen molar-refractivity contribution in [3.05, 3.63) is 59.7 Å². The Morgan fingerprint density at radius 1 is 1.07 bits per heavy atom. The molecule has 144 valence electrons. The van der Waals surface area contributed by atoms with Gasteiger partial charge in [-0.15, -0.1) is 0 Å². The van der Waals surface area contributed by atoms with Crippen LogP contribution in [0.3, 0.4) is 0 Å². The molecule has 0 radical (unpaired) electrons. The lowest BCUT2D eigenvalue weighted by Gasteiger charge is -2.23. The van der Waals surface area contributed by atoms with Crippen LogP contribution in [-0.2, 0) is 14.4 Å². The summed E-state index contributed by atoms with van der Waals surface area (Å²) in [5.74, 6) is -1.61. The van der Waals surface area contributed by atoms with E-state index < -0.39 is 23.8 Å². The first kappa shape index (κ1) is 19.1. The van der Waals surface area contributed by atoms with Gasteiger partial charge in [0.2, 0.25) is 11.8 Å². The average Bonchev–Trinajstić information content (AvgIpc) is 2.76. The fourth-order valence-corrected chi connectivity index (χ4v) is 3.16. The van der Waals surface area contributed by atoms with Gasteiger partial charge in [-0.1, -0.05) is 30.3 Å². The number of amides is 3. The number of aliphatic imine (C=N–C) groups is 1. The van der Waals surface area contributed by atoms with E-state index in [1.807, 2.05) is 0 Å². The van der Waals surface area contributed by atoms with Crippen LogP contribution in [0, 0.1) is 0 Å². The minimum absolute atomic E-state index is 0.0337. The van der Waals surface area contributed by atoms with Crippen LogP contribution in [0.25, 0.3) is 0 Å². The summed E-state index contributed by atoms with van der Waals surface area (Å²) in [5, 5.41) is 9.87. The van der Waals surface area contributed by atoms with Crippen LogP contribution in [0.4, 0.5) is 5.69 Å². The number of benzene rings is 2. The molecule has 5 N–H and O–H groups in total. The van der Waals surface area contributed by atoms with Crippen molar-refractivity contribution in [1.82, 2.24) is 0 Å². The maximum atomic E-state index is 13.1. The van der Waals surface area contributed by atoms with Gasteiger partial charge in [-0.2, -0.15) is 0 Å². The largest absolute Gasteiger partial charge is 0.508 e. The van der Waals surface area contributed by atoms with Crippen molar-refractivity contribution >= 4 is 29.1 Å². The van der Waals surface area contributed by atoms with Gasteiger partial charge in [-0.3, -0.25) is 19.4 Å². The second-order valence-electron chi connectivity index (χ2n) is 6.46. The van der Waals surface area contributed by atoms with E-state index in [2.05, 4.69) is 4.99 Å². The Hall–Kier alpha value is -3.68. The molecule has 0 saturated heterocycles. The monoisotopic (exact) mass is 380 g/mol. The summed E-state index contributed by atoms with van der Waals surface area (Å²) in [4.78, 5) is 41.8. The van der Waals surface area contributed by atoms with Crippen molar-refractivity contribution < 1.29 is 19.5 Å². The SMILES string of the molecule is NC(=O)CCC1N=C(c2cccc(O)c2)c2ccccc2N(CC(N)=O)C1=O. The van der Waals surface area contributed by atoms with Gasteiger partial charge in [-0.25, -0.2) is 0 Å². The molecule has 2 aromatic carbocycles. The van der Waals surface area contributed by atoms with Crippen LogP contribution in [0.15, 0.2) is 53.5 Å². The lowest BCUT2D eigenvalue weighted by atomic mass is 10.00. The van der Waals surface area contributed by atoms with Crippen LogP contribution >= 0.6 is 0 Å². The predicted molar refractivity (Wildman–Crippen MR) is 104 cm³/mol. The highest BCUT2D eigenvalue weighted by atomic mass is 16.3. The van der Waals surface area contributed by atoms with E-state index in [4.69, 9.17) is 11.5 Å². The van der Waals surface area contributed by atoms with Crippen LogP contribution in [0.5, 0.6) is 5.75 Å². The first-order valence-electron chi connectivity index (χ1n) is 8.71. The number of para-hydroxylation sites is 1. The zero-order valence-electron chi connectivity index (χ0n) is 15.0. The normalized spacial score (nSPS) is 16.1. The van der Waals surface area contributed by atoms with Gasteiger partial charge < -0.3 is 21.5 Å². The van der Waals surface area contributed by atoms with Gasteiger partial charge in [0, 0.05) is 17.5 Å². The number of phenols is 1. The Morgan fingerprint density at radius 2 is 1.82 bits per heavy atom. The second-order valence-corrected chi connectivity index (χ2v) is 6.46. The number of nitrogens with zero attached hydrogens (tertiary/aromatic N) is 2. The number of rotatable bonds is 6. The van der Waals surface area contributed by atoms with Crippen LogP contribution in [-0.4, -0.2) is 41.1 Å². The standard InChI is InChI=1S/C20H20N4O4/c21-17(26)9-8-15-20(28)24(11-18(22)27)16-7-2-1-6-14(16)19(23-15)12-4-3-5-13(25)10-12/h1-7,10,15,25H,8-9,11H2,(H2,21,26)(H2,22,27). The molecule has 0 aliphatic carbocycles. The van der Waals surface area contributed by atoms with Gasteiger partial charge in [0.25, 0.3) is 5.91 Å². The first-order valence-corrected chi connectivity index (χ1v) is 8.71. The number of hydrogen-bond acceptors (Lipinski definition) is 5. The number of phenolic OH excluding ortho intramolecular Hbond substituents is 1. The lowest BCUT2D eigenvalue weighted by molar-refractivity contribution is -0.123. The van der Waals surface area contributed by atoms with Crippen molar-refractivity contribution in [2.24, 2.45) is 16.5 Å². The number of carbonyl (C=O) groups excluding carboxylic acids is 3. The number of benzodiazepines with no additional fused rings is 1. The van der Waals surface area contributed by atoms with Crippen LogP contribution in [0.1, 0.15) is 24.0 Å². The van der Waals surface area contributed by atoms with E-state index in [-0.39, 0.29) is 25.1 Å². The maximum Gasteiger partial charge on any atom is 0.252 e. The molecule has 1 aliphatic rings. The average molecular weight is 380 g/mol. The number of aromatic hydroxyl groups is 1. The topological polar surface area (TPSA) is 139 Å². The highest BCUT2D eigenvalue weighted by Crippen LogP contribution is 2.30. The molecular weight excluding hydrogens is 360 g/mol. The van der Waals surface area contributed by atoms with Crippen molar-refractivity contribution in [2.45, 2.75) is 18.9 Å². The number of primary amides is 2. The fourth-order valence-electron chi connectivity index (χ4n) is 3.16. The predicted octanol–water partition coefficient (Wildman–Crippen LogP) is 0.696. The number of fused-ring (bicyclic) bond motifs is 1. The molecule has 1 aliphatic heterocycles. The molecule has 0 spiro atoms.